The Hall–Kier alpha value is -0.140. The van der Waals surface area contributed by atoms with Crippen LogP contribution >= 0.6 is 11.6 Å². The molecule has 11 heteroatoms. The van der Waals surface area contributed by atoms with Gasteiger partial charge in [-0.25, -0.2) is 4.39 Å². The highest BCUT2D eigenvalue weighted by atomic mass is 35.5. The highest BCUT2D eigenvalue weighted by molar-refractivity contribution is 6.17. The molecule has 0 bridgehead atoms. The lowest BCUT2D eigenvalue weighted by Crippen LogP contribution is -2.15. The van der Waals surface area contributed by atoms with Crippen LogP contribution in [0.5, 0.6) is 0 Å². The number of halogens is 2. The van der Waals surface area contributed by atoms with Crippen LogP contribution in [0.4, 0.5) is 4.39 Å². The first-order valence-electron chi connectivity index (χ1n) is 12.7. The number of hydrogen-bond acceptors (Lipinski definition) is 9. The fourth-order valence-electron chi connectivity index (χ4n) is 2.57. The van der Waals surface area contributed by atoms with Crippen molar-refractivity contribution in [3.63, 3.8) is 0 Å². The molecule has 0 radical (unpaired) electrons. The second kappa shape index (κ2) is 33.9. The average molecular weight is 535 g/mol. The summed E-state index contributed by atoms with van der Waals surface area (Å²) in [7, 11) is 0. The van der Waals surface area contributed by atoms with Crippen LogP contribution in [0.3, 0.4) is 0 Å². The molecule has 0 aliphatic heterocycles. The van der Waals surface area contributed by atoms with E-state index >= 15 is 0 Å². The first-order chi connectivity index (χ1) is 17.4. The van der Waals surface area contributed by atoms with E-state index < -0.39 is 6.67 Å². The molecule has 0 saturated heterocycles. The molecule has 212 valence electrons. The molecule has 9 nitrogen and oxygen atoms in total. The van der Waals surface area contributed by atoms with Gasteiger partial charge in [0.25, 0.3) is 0 Å². The van der Waals surface area contributed by atoms with E-state index in [4.69, 9.17) is 54.2 Å². The van der Waals surface area contributed by atoms with Crippen LogP contribution in [0.2, 0.25) is 0 Å². The van der Waals surface area contributed by atoms with Crippen LogP contribution in [-0.2, 0) is 42.6 Å². The van der Waals surface area contributed by atoms with E-state index in [-0.39, 0.29) is 6.61 Å². The van der Waals surface area contributed by atoms with Crippen molar-refractivity contribution in [2.45, 2.75) is 25.7 Å². The quantitative estimate of drug-likeness (QED) is 0.0955. The van der Waals surface area contributed by atoms with Gasteiger partial charge < -0.3 is 42.6 Å². The third-order valence-electron chi connectivity index (χ3n) is 4.37. The van der Waals surface area contributed by atoms with Gasteiger partial charge in [0.1, 0.15) is 6.67 Å². The van der Waals surface area contributed by atoms with Gasteiger partial charge in [-0.05, 0) is 12.8 Å². The zero-order chi connectivity index (χ0) is 25.3. The molecular formula is C24H48ClFO9. The monoisotopic (exact) mass is 534 g/mol. The number of unbranched alkanes of at least 4 members (excludes halogenated alkanes) is 3. The fourth-order valence-corrected chi connectivity index (χ4v) is 2.76. The predicted octanol–water partition coefficient (Wildman–Crippen LogP) is 2.90. The maximum Gasteiger partial charge on any atom is 0.113 e. The topological polar surface area (TPSA) is 83.1 Å². The summed E-state index contributed by atoms with van der Waals surface area (Å²) < 4.78 is 60.1. The van der Waals surface area contributed by atoms with Crippen LogP contribution in [-0.4, -0.2) is 131 Å². The highest BCUT2D eigenvalue weighted by Gasteiger charge is 1.96. The second-order valence-corrected chi connectivity index (χ2v) is 7.68. The van der Waals surface area contributed by atoms with Gasteiger partial charge in [0.15, 0.2) is 0 Å². The Morgan fingerprint density at radius 3 is 0.857 bits per heavy atom. The maximum absolute atomic E-state index is 11.8. The zero-order valence-electron chi connectivity index (χ0n) is 21.4. The Kier molecular flexibility index (Phi) is 33.7. The molecule has 0 fully saturated rings. The fraction of sp³-hybridized carbons (Fsp3) is 1.00. The molecule has 0 spiro atoms. The summed E-state index contributed by atoms with van der Waals surface area (Å²) in [5, 5.41) is 0. The van der Waals surface area contributed by atoms with Gasteiger partial charge >= 0.3 is 0 Å². The minimum absolute atomic E-state index is 0.119. The molecule has 0 aromatic rings. The summed E-state index contributed by atoms with van der Waals surface area (Å²) in [6.45, 7) is 8.66. The van der Waals surface area contributed by atoms with Gasteiger partial charge in [0.2, 0.25) is 0 Å². The van der Waals surface area contributed by atoms with Crippen molar-refractivity contribution in [2.75, 3.05) is 131 Å². The summed E-state index contributed by atoms with van der Waals surface area (Å²) in [5.41, 5.74) is 0. The third kappa shape index (κ3) is 33.9. The number of hydrogen-bond donors (Lipinski definition) is 0. The van der Waals surface area contributed by atoms with Crippen LogP contribution < -0.4 is 0 Å². The van der Waals surface area contributed by atoms with Crippen molar-refractivity contribution < 1.29 is 47.0 Å². The van der Waals surface area contributed by atoms with Crippen molar-refractivity contribution >= 4 is 11.6 Å². The van der Waals surface area contributed by atoms with E-state index in [2.05, 4.69) is 0 Å². The van der Waals surface area contributed by atoms with E-state index in [1.807, 2.05) is 0 Å². The maximum atomic E-state index is 11.8. The molecule has 0 aliphatic rings. The van der Waals surface area contributed by atoms with Gasteiger partial charge in [-0.15, -0.1) is 11.6 Å². The van der Waals surface area contributed by atoms with Gasteiger partial charge in [0.05, 0.1) is 112 Å². The molecule has 0 heterocycles. The summed E-state index contributed by atoms with van der Waals surface area (Å²) in [6.07, 6.45) is 4.50. The highest BCUT2D eigenvalue weighted by Crippen LogP contribution is 2.01. The third-order valence-corrected chi connectivity index (χ3v) is 4.64. The van der Waals surface area contributed by atoms with E-state index in [1.165, 1.54) is 12.8 Å². The molecule has 0 aromatic heterocycles. The number of rotatable bonds is 32. The summed E-state index contributed by atoms with van der Waals surface area (Å²) >= 11 is 5.64. The first-order valence-corrected chi connectivity index (χ1v) is 13.3. The van der Waals surface area contributed by atoms with Gasteiger partial charge in [-0.3, -0.25) is 0 Å². The number of alkyl halides is 2. The van der Waals surface area contributed by atoms with Crippen molar-refractivity contribution in [3.05, 3.63) is 0 Å². The molecule has 0 atom stereocenters. The molecule has 0 unspecified atom stereocenters. The average Bonchev–Trinajstić information content (AvgIpc) is 2.87. The second-order valence-electron chi connectivity index (χ2n) is 7.30. The van der Waals surface area contributed by atoms with Crippen molar-refractivity contribution in [1.82, 2.24) is 0 Å². The Morgan fingerprint density at radius 1 is 0.314 bits per heavy atom. The number of ether oxygens (including phenoxy) is 9. The molecule has 0 N–H and O–H groups in total. The summed E-state index contributed by atoms with van der Waals surface area (Å²) in [5.74, 6) is 0.744. The summed E-state index contributed by atoms with van der Waals surface area (Å²) in [4.78, 5) is 0. The van der Waals surface area contributed by atoms with Crippen LogP contribution in [0.1, 0.15) is 25.7 Å². The van der Waals surface area contributed by atoms with Crippen molar-refractivity contribution in [3.8, 4) is 0 Å². The minimum atomic E-state index is -0.469. The van der Waals surface area contributed by atoms with Gasteiger partial charge in [-0.1, -0.05) is 12.8 Å². The Balaban J connectivity index is 3.00. The minimum Gasteiger partial charge on any atom is -0.379 e. The van der Waals surface area contributed by atoms with Gasteiger partial charge in [-0.2, -0.15) is 0 Å². The van der Waals surface area contributed by atoms with E-state index in [1.54, 1.807) is 0 Å². The lowest BCUT2D eigenvalue weighted by molar-refractivity contribution is -0.0252. The van der Waals surface area contributed by atoms with E-state index in [0.717, 1.165) is 25.3 Å². The largest absolute Gasteiger partial charge is 0.379 e. The first kappa shape index (κ1) is 34.9. The zero-order valence-corrected chi connectivity index (χ0v) is 22.2. The lowest BCUT2D eigenvalue weighted by atomic mass is 10.2. The Labute approximate surface area is 216 Å². The Morgan fingerprint density at radius 2 is 0.571 bits per heavy atom. The summed E-state index contributed by atoms with van der Waals surface area (Å²) in [6, 6.07) is 0. The van der Waals surface area contributed by atoms with Crippen molar-refractivity contribution in [1.29, 1.82) is 0 Å². The van der Waals surface area contributed by atoms with E-state index in [9.17, 15) is 4.39 Å². The molecule has 0 aliphatic carbocycles. The van der Waals surface area contributed by atoms with E-state index in [0.29, 0.717) is 106 Å². The van der Waals surface area contributed by atoms with Crippen LogP contribution in [0.15, 0.2) is 0 Å². The molecular weight excluding hydrogens is 487 g/mol. The lowest BCUT2D eigenvalue weighted by Gasteiger charge is -2.08. The normalized spacial score (nSPS) is 11.5. The van der Waals surface area contributed by atoms with Crippen molar-refractivity contribution in [2.24, 2.45) is 0 Å². The molecule has 0 aromatic carbocycles. The van der Waals surface area contributed by atoms with Crippen LogP contribution in [0.25, 0.3) is 0 Å². The van der Waals surface area contributed by atoms with Gasteiger partial charge in [0, 0.05) is 12.5 Å². The standard InChI is InChI=1S/C24H48ClFO9/c25-5-3-1-2-4-7-27-9-11-29-13-15-31-17-19-33-21-23-35-24-22-34-20-18-32-16-14-30-12-10-28-8-6-26/h1-24H2. The van der Waals surface area contributed by atoms with Crippen LogP contribution in [0, 0.1) is 0 Å². The molecule has 0 saturated carbocycles. The predicted molar refractivity (Wildman–Crippen MR) is 133 cm³/mol. The smallest absolute Gasteiger partial charge is 0.113 e. The SMILES string of the molecule is FCCOCCOCCOCCOCCOCCOCCOCCOCCOCCCCCCCl. The Bertz CT molecular complexity index is 342. The molecule has 0 amide bonds. The molecule has 0 rings (SSSR count). The molecule has 35 heavy (non-hydrogen) atoms.